The van der Waals surface area contributed by atoms with Gasteiger partial charge in [-0.25, -0.2) is 4.98 Å². The van der Waals surface area contributed by atoms with Crippen LogP contribution in [0.15, 0.2) is 53.8 Å². The molecule has 2 aromatic heterocycles. The van der Waals surface area contributed by atoms with Gasteiger partial charge in [-0.2, -0.15) is 0 Å². The van der Waals surface area contributed by atoms with Crippen LogP contribution in [0.25, 0.3) is 16.6 Å². The molecule has 2 heterocycles. The Hall–Kier alpha value is -2.43. The fourth-order valence-electron chi connectivity index (χ4n) is 1.82. The van der Waals surface area contributed by atoms with Crippen LogP contribution in [0.2, 0.25) is 0 Å². The maximum atomic E-state index is 12.3. The molecule has 0 aliphatic heterocycles. The first-order valence-corrected chi connectivity index (χ1v) is 5.43. The predicted octanol–water partition coefficient (Wildman–Crippen LogP) is 0.574. The molecule has 5 heteroatoms. The molecule has 0 N–H and O–H groups in total. The van der Waals surface area contributed by atoms with Gasteiger partial charge in [0.25, 0.3) is 5.56 Å². The van der Waals surface area contributed by atoms with Crippen molar-refractivity contribution in [3.05, 3.63) is 59.4 Å². The van der Waals surface area contributed by atoms with E-state index < -0.39 is 0 Å². The fourth-order valence-corrected chi connectivity index (χ4v) is 1.82. The molecule has 0 amide bonds. The lowest BCUT2D eigenvalue weighted by Crippen LogP contribution is -2.20. The van der Waals surface area contributed by atoms with E-state index in [0.29, 0.717) is 22.1 Å². The Morgan fingerprint density at radius 1 is 1.22 bits per heavy atom. The van der Waals surface area contributed by atoms with Crippen LogP contribution in [0.4, 0.5) is 0 Å². The zero-order valence-electron chi connectivity index (χ0n) is 9.45. The van der Waals surface area contributed by atoms with Crippen LogP contribution in [-0.4, -0.2) is 22.4 Å². The summed E-state index contributed by atoms with van der Waals surface area (Å²) in [6.45, 7) is 0. The molecule has 1 aromatic carbocycles. The maximum absolute atomic E-state index is 12.3. The normalized spacial score (nSPS) is 10.7. The van der Waals surface area contributed by atoms with Crippen LogP contribution in [0.3, 0.4) is 0 Å². The number of aromatic nitrogens is 3. The molecule has 2 radical (unpaired) electrons. The highest BCUT2D eigenvalue weighted by Crippen LogP contribution is 2.06. The van der Waals surface area contributed by atoms with E-state index in [0.717, 1.165) is 0 Å². The summed E-state index contributed by atoms with van der Waals surface area (Å²) in [7, 11) is 5.69. The van der Waals surface area contributed by atoms with E-state index in [-0.39, 0.29) is 5.56 Å². The van der Waals surface area contributed by atoms with E-state index >= 15 is 0 Å². The van der Waals surface area contributed by atoms with Gasteiger partial charge >= 0.3 is 0 Å². The molecule has 0 spiro atoms. The van der Waals surface area contributed by atoms with Crippen LogP contribution in [0.5, 0.6) is 0 Å². The molecule has 0 aliphatic rings. The van der Waals surface area contributed by atoms with E-state index in [1.54, 1.807) is 42.7 Å². The number of benzene rings is 1. The highest BCUT2D eigenvalue weighted by Gasteiger charge is 2.05. The molecular formula is C13H8BN3O. The summed E-state index contributed by atoms with van der Waals surface area (Å²) in [6.07, 6.45) is 4.76. The van der Waals surface area contributed by atoms with Crippen molar-refractivity contribution in [2.45, 2.75) is 0 Å². The average Bonchev–Trinajstić information content (AvgIpc) is 2.41. The molecule has 0 fully saturated rings. The maximum Gasteiger partial charge on any atom is 0.265 e. The number of rotatable bonds is 1. The highest BCUT2D eigenvalue weighted by atomic mass is 16.1. The van der Waals surface area contributed by atoms with Crippen LogP contribution in [-0.2, 0) is 0 Å². The van der Waals surface area contributed by atoms with Crippen molar-refractivity contribution in [1.29, 1.82) is 0 Å². The summed E-state index contributed by atoms with van der Waals surface area (Å²) in [5, 5.41) is 0.501. The van der Waals surface area contributed by atoms with E-state index in [2.05, 4.69) is 9.97 Å². The van der Waals surface area contributed by atoms with Crippen LogP contribution in [0, 0.1) is 0 Å². The first-order chi connectivity index (χ1) is 8.75. The number of hydrogen-bond acceptors (Lipinski definition) is 3. The minimum Gasteiger partial charge on any atom is -0.268 e. The van der Waals surface area contributed by atoms with Gasteiger partial charge in [0.2, 0.25) is 0 Å². The highest BCUT2D eigenvalue weighted by molar-refractivity contribution is 6.33. The number of pyridine rings is 1. The largest absolute Gasteiger partial charge is 0.268 e. The molecule has 18 heavy (non-hydrogen) atoms. The van der Waals surface area contributed by atoms with Gasteiger partial charge in [-0.05, 0) is 18.2 Å². The molecule has 4 nitrogen and oxygen atoms in total. The zero-order valence-corrected chi connectivity index (χ0v) is 9.45. The fraction of sp³-hybridized carbons (Fsp3) is 0. The Bertz CT molecular complexity index is 768. The zero-order chi connectivity index (χ0) is 12.5. The third kappa shape index (κ3) is 1.70. The molecule has 0 atom stereocenters. The monoisotopic (exact) mass is 233 g/mol. The van der Waals surface area contributed by atoms with E-state index in [1.807, 2.05) is 0 Å². The second-order valence-corrected chi connectivity index (χ2v) is 3.91. The number of hydrogen-bond donors (Lipinski definition) is 0. The molecule has 0 bridgehead atoms. The van der Waals surface area contributed by atoms with Crippen molar-refractivity contribution in [1.82, 2.24) is 14.5 Å². The second-order valence-electron chi connectivity index (χ2n) is 3.91. The molecule has 0 unspecified atom stereocenters. The Kier molecular flexibility index (Phi) is 2.44. The Morgan fingerprint density at radius 3 is 2.89 bits per heavy atom. The Balaban J connectivity index is 2.33. The molecule has 0 saturated heterocycles. The van der Waals surface area contributed by atoms with Crippen molar-refractivity contribution in [2.75, 3.05) is 0 Å². The third-order valence-corrected chi connectivity index (χ3v) is 2.71. The smallest absolute Gasteiger partial charge is 0.265 e. The van der Waals surface area contributed by atoms with Crippen molar-refractivity contribution in [2.24, 2.45) is 0 Å². The molecule has 3 aromatic rings. The van der Waals surface area contributed by atoms with Crippen LogP contribution >= 0.6 is 0 Å². The van der Waals surface area contributed by atoms with E-state index in [1.165, 1.54) is 10.9 Å². The molecule has 84 valence electrons. The lowest BCUT2D eigenvalue weighted by atomic mass is 9.95. The van der Waals surface area contributed by atoms with Gasteiger partial charge in [0.05, 0.1) is 22.8 Å². The van der Waals surface area contributed by atoms with Crippen molar-refractivity contribution < 1.29 is 0 Å². The van der Waals surface area contributed by atoms with Crippen molar-refractivity contribution in [3.63, 3.8) is 0 Å². The minimum absolute atomic E-state index is 0.152. The summed E-state index contributed by atoms with van der Waals surface area (Å²) >= 11 is 0. The quantitative estimate of drug-likeness (QED) is 0.577. The second kappa shape index (κ2) is 4.11. The summed E-state index contributed by atoms with van der Waals surface area (Å²) in [5.41, 5.74) is 1.71. The summed E-state index contributed by atoms with van der Waals surface area (Å²) in [5.74, 6) is 0. The Morgan fingerprint density at radius 2 is 2.11 bits per heavy atom. The number of fused-ring (bicyclic) bond motifs is 1. The van der Waals surface area contributed by atoms with Gasteiger partial charge in [-0.1, -0.05) is 17.6 Å². The topological polar surface area (TPSA) is 47.8 Å². The van der Waals surface area contributed by atoms with Crippen molar-refractivity contribution in [3.8, 4) is 5.69 Å². The van der Waals surface area contributed by atoms with Gasteiger partial charge < -0.3 is 0 Å². The lowest BCUT2D eigenvalue weighted by molar-refractivity contribution is 0.953. The molecule has 0 saturated carbocycles. The van der Waals surface area contributed by atoms with Gasteiger partial charge in [0.1, 0.15) is 14.2 Å². The average molecular weight is 233 g/mol. The first-order valence-electron chi connectivity index (χ1n) is 5.43. The molecule has 0 aliphatic carbocycles. The van der Waals surface area contributed by atoms with Crippen LogP contribution in [0.1, 0.15) is 0 Å². The first kappa shape index (κ1) is 10.7. The van der Waals surface area contributed by atoms with Gasteiger partial charge in [0, 0.05) is 6.20 Å². The molecular weight excluding hydrogens is 225 g/mol. The number of nitrogens with zero attached hydrogens (tertiary/aromatic N) is 3. The minimum atomic E-state index is -0.152. The lowest BCUT2D eigenvalue weighted by Gasteiger charge is -2.06. The van der Waals surface area contributed by atoms with E-state index in [9.17, 15) is 4.79 Å². The van der Waals surface area contributed by atoms with Gasteiger partial charge in [-0.3, -0.25) is 14.3 Å². The summed E-state index contributed by atoms with van der Waals surface area (Å²) in [6, 6.07) is 8.67. The van der Waals surface area contributed by atoms with Crippen LogP contribution < -0.4 is 11.0 Å². The summed E-state index contributed by atoms with van der Waals surface area (Å²) in [4.78, 5) is 20.5. The summed E-state index contributed by atoms with van der Waals surface area (Å²) < 4.78 is 1.45. The third-order valence-electron chi connectivity index (χ3n) is 2.71. The standard InChI is InChI=1S/C13H8BN3O/c14-9-3-4-12-11(6-9)13(18)17(8-16-12)10-2-1-5-15-7-10/h1-8H. The van der Waals surface area contributed by atoms with Gasteiger partial charge in [0.15, 0.2) is 0 Å². The molecule has 3 rings (SSSR count). The van der Waals surface area contributed by atoms with E-state index in [4.69, 9.17) is 7.85 Å². The predicted molar refractivity (Wildman–Crippen MR) is 70.5 cm³/mol. The Labute approximate surface area is 104 Å². The van der Waals surface area contributed by atoms with Gasteiger partial charge in [-0.15, -0.1) is 0 Å². The SMILES string of the molecule is [B]c1ccc2ncn(-c3cccnc3)c(=O)c2c1. The van der Waals surface area contributed by atoms with Crippen molar-refractivity contribution >= 4 is 24.2 Å².